The molecule has 0 aliphatic carbocycles. The summed E-state index contributed by atoms with van der Waals surface area (Å²) >= 11 is 0. The number of benzene rings is 2. The Morgan fingerprint density at radius 3 is 2.17 bits per heavy atom. The van der Waals surface area contributed by atoms with Crippen LogP contribution in [0.1, 0.15) is 17.5 Å². The lowest BCUT2D eigenvalue weighted by molar-refractivity contribution is -0.137. The number of hydrogen-bond donors (Lipinski definition) is 0. The first-order chi connectivity index (χ1) is 11.8. The van der Waals surface area contributed by atoms with E-state index in [2.05, 4.69) is 24.3 Å². The minimum atomic E-state index is -0.226. The second-order valence-corrected chi connectivity index (χ2v) is 5.91. The molecule has 1 saturated heterocycles. The zero-order valence-corrected chi connectivity index (χ0v) is 14.0. The van der Waals surface area contributed by atoms with Gasteiger partial charge in [0.25, 0.3) is 0 Å². The first kappa shape index (κ1) is 17.1. The topological polar surface area (TPSA) is 36.9 Å². The summed E-state index contributed by atoms with van der Waals surface area (Å²) in [5.41, 5.74) is 2.31. The van der Waals surface area contributed by atoms with Gasteiger partial charge in [0.2, 0.25) is 0 Å². The van der Waals surface area contributed by atoms with Gasteiger partial charge in [-0.15, -0.1) is 0 Å². The van der Waals surface area contributed by atoms with Gasteiger partial charge in [-0.2, -0.15) is 0 Å². The summed E-state index contributed by atoms with van der Waals surface area (Å²) in [6.45, 7) is 1.64. The van der Waals surface area contributed by atoms with Crippen molar-refractivity contribution in [3.63, 3.8) is 0 Å². The van der Waals surface area contributed by atoms with Gasteiger partial charge in [0.15, 0.2) is 6.29 Å². The van der Waals surface area contributed by atoms with Crippen molar-refractivity contribution in [2.24, 2.45) is 0 Å². The van der Waals surface area contributed by atoms with Crippen LogP contribution in [0.4, 0.5) is 0 Å². The van der Waals surface area contributed by atoms with Crippen molar-refractivity contribution in [3.8, 4) is 0 Å². The highest BCUT2D eigenvalue weighted by Crippen LogP contribution is 2.25. The van der Waals surface area contributed by atoms with Gasteiger partial charge in [-0.1, -0.05) is 60.7 Å². The van der Waals surface area contributed by atoms with Crippen LogP contribution in [0.5, 0.6) is 0 Å². The van der Waals surface area contributed by atoms with Crippen LogP contribution in [-0.2, 0) is 32.2 Å². The van der Waals surface area contributed by atoms with E-state index in [-0.39, 0.29) is 18.5 Å². The fraction of sp³-hybridized carbons (Fsp3) is 0.400. The minimum absolute atomic E-state index is 0.0223. The fourth-order valence-electron chi connectivity index (χ4n) is 2.80. The molecule has 0 aromatic heterocycles. The van der Waals surface area contributed by atoms with Crippen LogP contribution in [0.15, 0.2) is 60.7 Å². The van der Waals surface area contributed by atoms with Crippen molar-refractivity contribution < 1.29 is 18.9 Å². The van der Waals surface area contributed by atoms with Crippen molar-refractivity contribution >= 4 is 0 Å². The molecule has 0 radical (unpaired) electrons. The van der Waals surface area contributed by atoms with Gasteiger partial charge in [-0.25, -0.2) is 0 Å². The van der Waals surface area contributed by atoms with Crippen LogP contribution in [0.25, 0.3) is 0 Å². The molecule has 0 bridgehead atoms. The molecule has 1 aliphatic heterocycles. The molecule has 128 valence electrons. The Kier molecular flexibility index (Phi) is 6.38. The standard InChI is InChI=1S/C20H24O4/c1-21-20-12-18(23-14-17-10-6-3-7-11-17)19(24-20)15-22-13-16-8-4-2-5-9-16/h2-11,18-20H,12-15H2,1H3/t18-,19+,20?/m0/s1. The summed E-state index contributed by atoms with van der Waals surface area (Å²) in [6, 6.07) is 20.3. The number of rotatable bonds is 8. The highest BCUT2D eigenvalue weighted by Gasteiger charge is 2.36. The van der Waals surface area contributed by atoms with Gasteiger partial charge in [0.05, 0.1) is 25.9 Å². The fourth-order valence-corrected chi connectivity index (χ4v) is 2.80. The molecule has 1 aliphatic rings. The Morgan fingerprint density at radius 2 is 1.54 bits per heavy atom. The van der Waals surface area contributed by atoms with Crippen molar-refractivity contribution in [1.29, 1.82) is 0 Å². The maximum absolute atomic E-state index is 6.05. The number of methoxy groups -OCH3 is 1. The average Bonchev–Trinajstić information content (AvgIpc) is 3.04. The Bertz CT molecular complexity index is 587. The predicted octanol–water partition coefficient (Wildman–Crippen LogP) is 3.55. The second-order valence-electron chi connectivity index (χ2n) is 5.91. The van der Waals surface area contributed by atoms with Crippen LogP contribution in [0.2, 0.25) is 0 Å². The molecule has 24 heavy (non-hydrogen) atoms. The summed E-state index contributed by atoms with van der Waals surface area (Å²) in [7, 11) is 1.66. The molecule has 1 unspecified atom stereocenters. The molecule has 2 aromatic rings. The van der Waals surface area contributed by atoms with Gasteiger partial charge in [-0.3, -0.25) is 0 Å². The van der Waals surface area contributed by atoms with Gasteiger partial charge >= 0.3 is 0 Å². The van der Waals surface area contributed by atoms with E-state index >= 15 is 0 Å². The molecule has 0 amide bonds. The van der Waals surface area contributed by atoms with Gasteiger partial charge in [-0.05, 0) is 11.1 Å². The molecule has 4 nitrogen and oxygen atoms in total. The SMILES string of the molecule is COC1C[C@H](OCc2ccccc2)[C@@H](COCc2ccccc2)O1. The van der Waals surface area contributed by atoms with Gasteiger partial charge < -0.3 is 18.9 Å². The summed E-state index contributed by atoms with van der Waals surface area (Å²) in [5.74, 6) is 0. The van der Waals surface area contributed by atoms with Crippen LogP contribution < -0.4 is 0 Å². The smallest absolute Gasteiger partial charge is 0.160 e. The molecule has 2 aromatic carbocycles. The first-order valence-electron chi connectivity index (χ1n) is 8.30. The minimum Gasteiger partial charge on any atom is -0.374 e. The lowest BCUT2D eigenvalue weighted by atomic mass is 10.2. The predicted molar refractivity (Wildman–Crippen MR) is 91.4 cm³/mol. The summed E-state index contributed by atoms with van der Waals surface area (Å²) in [6.07, 6.45) is 0.368. The number of hydrogen-bond acceptors (Lipinski definition) is 4. The van der Waals surface area contributed by atoms with E-state index in [4.69, 9.17) is 18.9 Å². The van der Waals surface area contributed by atoms with E-state index in [0.717, 1.165) is 17.5 Å². The lowest BCUT2D eigenvalue weighted by Crippen LogP contribution is -2.29. The normalized spacial score (nSPS) is 23.5. The monoisotopic (exact) mass is 328 g/mol. The van der Waals surface area contributed by atoms with E-state index in [1.807, 2.05) is 36.4 Å². The molecular weight excluding hydrogens is 304 g/mol. The van der Waals surface area contributed by atoms with Crippen LogP contribution >= 0.6 is 0 Å². The zero-order chi connectivity index (χ0) is 16.6. The molecule has 0 N–H and O–H groups in total. The van der Waals surface area contributed by atoms with Gasteiger partial charge in [0, 0.05) is 13.5 Å². The van der Waals surface area contributed by atoms with Gasteiger partial charge in [0.1, 0.15) is 6.10 Å². The third-order valence-electron chi connectivity index (χ3n) is 4.13. The zero-order valence-electron chi connectivity index (χ0n) is 14.0. The van der Waals surface area contributed by atoms with Crippen LogP contribution in [0, 0.1) is 0 Å². The molecule has 3 atom stereocenters. The molecular formula is C20H24O4. The van der Waals surface area contributed by atoms with E-state index in [1.54, 1.807) is 7.11 Å². The maximum Gasteiger partial charge on any atom is 0.160 e. The summed E-state index contributed by atoms with van der Waals surface area (Å²) in [4.78, 5) is 0. The molecule has 1 heterocycles. The highest BCUT2D eigenvalue weighted by atomic mass is 16.7. The molecule has 0 spiro atoms. The Hall–Kier alpha value is -1.72. The average molecular weight is 328 g/mol. The van der Waals surface area contributed by atoms with E-state index in [0.29, 0.717) is 19.8 Å². The largest absolute Gasteiger partial charge is 0.374 e. The molecule has 1 fully saturated rings. The first-order valence-corrected chi connectivity index (χ1v) is 8.30. The Balaban J connectivity index is 1.49. The molecule has 3 rings (SSSR count). The van der Waals surface area contributed by atoms with Crippen molar-refractivity contribution in [2.75, 3.05) is 13.7 Å². The van der Waals surface area contributed by atoms with Crippen molar-refractivity contribution in [2.45, 2.75) is 38.1 Å². The summed E-state index contributed by atoms with van der Waals surface area (Å²) in [5, 5.41) is 0. The maximum atomic E-state index is 6.05. The quantitative estimate of drug-likeness (QED) is 0.742. The highest BCUT2D eigenvalue weighted by molar-refractivity contribution is 5.14. The van der Waals surface area contributed by atoms with Crippen molar-refractivity contribution in [1.82, 2.24) is 0 Å². The van der Waals surface area contributed by atoms with E-state index in [1.165, 1.54) is 0 Å². The van der Waals surface area contributed by atoms with Crippen LogP contribution in [0.3, 0.4) is 0 Å². The summed E-state index contributed by atoms with van der Waals surface area (Å²) < 4.78 is 23.1. The Morgan fingerprint density at radius 1 is 0.917 bits per heavy atom. The Labute approximate surface area is 143 Å². The second kappa shape index (κ2) is 8.94. The van der Waals surface area contributed by atoms with Crippen molar-refractivity contribution in [3.05, 3.63) is 71.8 Å². The van der Waals surface area contributed by atoms with E-state index in [9.17, 15) is 0 Å². The van der Waals surface area contributed by atoms with E-state index < -0.39 is 0 Å². The number of ether oxygens (including phenoxy) is 4. The third kappa shape index (κ3) is 4.89. The lowest BCUT2D eigenvalue weighted by Gasteiger charge is -2.19. The molecule has 0 saturated carbocycles. The third-order valence-corrected chi connectivity index (χ3v) is 4.13. The van der Waals surface area contributed by atoms with Crippen LogP contribution in [-0.4, -0.2) is 32.2 Å². The molecule has 4 heteroatoms.